The molecule has 0 aliphatic rings. The zero-order valence-corrected chi connectivity index (χ0v) is 6.81. The molecule has 2 N–H and O–H groups in total. The van der Waals surface area contributed by atoms with Crippen molar-refractivity contribution in [3.05, 3.63) is 0 Å². The predicted octanol–water partition coefficient (Wildman–Crippen LogP) is 0.638. The third-order valence-corrected chi connectivity index (χ3v) is 0.812. The number of thiol groups is 2. The molecule has 68 valence electrons. The van der Waals surface area contributed by atoms with Crippen molar-refractivity contribution in [2.24, 2.45) is 0 Å². The molecule has 0 bridgehead atoms. The van der Waals surface area contributed by atoms with E-state index < -0.39 is 11.9 Å². The molecule has 0 saturated carbocycles. The van der Waals surface area contributed by atoms with Crippen LogP contribution in [0, 0.1) is 0 Å². The first kappa shape index (κ1) is 16.9. The molecule has 11 heavy (non-hydrogen) atoms. The zero-order valence-electron chi connectivity index (χ0n) is 5.02. The lowest BCUT2D eigenvalue weighted by molar-refractivity contribution is -0.134. The minimum absolute atomic E-state index is 0. The maximum Gasteiger partial charge on any atom is 0.313 e. The van der Waals surface area contributed by atoms with E-state index in [1.54, 1.807) is 0 Å². The lowest BCUT2D eigenvalue weighted by Gasteiger charge is -1.71. The van der Waals surface area contributed by atoms with Gasteiger partial charge in [0.2, 0.25) is 0 Å². The molecule has 0 spiro atoms. The molecule has 0 rings (SSSR count). The van der Waals surface area contributed by atoms with E-state index in [9.17, 15) is 9.59 Å². The van der Waals surface area contributed by atoms with Gasteiger partial charge in [-0.25, -0.2) is 0 Å². The van der Waals surface area contributed by atoms with Gasteiger partial charge in [-0.1, -0.05) is 7.43 Å². The summed E-state index contributed by atoms with van der Waals surface area (Å²) in [4.78, 5) is 18.6. The Morgan fingerprint density at radius 3 is 1.09 bits per heavy atom. The first-order chi connectivity index (χ1) is 4.54. The third-order valence-electron chi connectivity index (χ3n) is 0.271. The molecule has 0 aliphatic carbocycles. The fourth-order valence-electron chi connectivity index (χ4n) is 0. The fraction of sp³-hybridized carbons (Fsp3) is 0.600. The highest BCUT2D eigenvalue weighted by Gasteiger charge is 1.82. The highest BCUT2D eigenvalue weighted by Crippen LogP contribution is 1.66. The van der Waals surface area contributed by atoms with E-state index >= 15 is 0 Å². The van der Waals surface area contributed by atoms with E-state index in [0.717, 1.165) is 0 Å². The van der Waals surface area contributed by atoms with Crippen LogP contribution in [0.4, 0.5) is 0 Å². The molecule has 0 radical (unpaired) electrons. The van der Waals surface area contributed by atoms with Gasteiger partial charge in [0, 0.05) is 0 Å². The SMILES string of the molecule is C.O=C(O)CS.O=C(O)CS. The molecule has 0 atom stereocenters. The zero-order chi connectivity index (χ0) is 8.57. The molecular formula is C5H12O4S2. The fourth-order valence-corrected chi connectivity index (χ4v) is 0. The number of carboxylic acid groups (broad SMARTS) is 2. The molecule has 6 heteroatoms. The van der Waals surface area contributed by atoms with Crippen molar-refractivity contribution in [3.63, 3.8) is 0 Å². The molecule has 4 nitrogen and oxygen atoms in total. The summed E-state index contributed by atoms with van der Waals surface area (Å²) < 4.78 is 0. The van der Waals surface area contributed by atoms with E-state index in [2.05, 4.69) is 25.3 Å². The van der Waals surface area contributed by atoms with Gasteiger partial charge in [-0.2, -0.15) is 25.3 Å². The Balaban J connectivity index is -0.000000107. The van der Waals surface area contributed by atoms with E-state index in [1.807, 2.05) is 0 Å². The standard InChI is InChI=1S/2C2H4O2S.CH4/c2*3-2(4)1-5;/h2*5H,1H2,(H,3,4);1H4. The predicted molar refractivity (Wildman–Crippen MR) is 49.7 cm³/mol. The van der Waals surface area contributed by atoms with Crippen molar-refractivity contribution in [3.8, 4) is 0 Å². The molecule has 0 unspecified atom stereocenters. The first-order valence-corrected chi connectivity index (χ1v) is 3.46. The third kappa shape index (κ3) is 42.5. The Morgan fingerprint density at radius 1 is 1.00 bits per heavy atom. The van der Waals surface area contributed by atoms with Gasteiger partial charge in [0.05, 0.1) is 11.5 Å². The number of carbonyl (C=O) groups is 2. The second-order valence-corrected chi connectivity index (χ2v) is 1.74. The first-order valence-electron chi connectivity index (χ1n) is 2.20. The van der Waals surface area contributed by atoms with Crippen molar-refractivity contribution in [2.45, 2.75) is 7.43 Å². The average Bonchev–Trinajstić information content (AvgIpc) is 1.89. The molecule has 0 amide bonds. The summed E-state index contributed by atoms with van der Waals surface area (Å²) in [5.41, 5.74) is 0. The van der Waals surface area contributed by atoms with Crippen LogP contribution in [-0.2, 0) is 9.59 Å². The number of carboxylic acids is 2. The number of aliphatic carboxylic acids is 2. The minimum Gasteiger partial charge on any atom is -0.481 e. The average molecular weight is 200 g/mol. The molecule has 0 fully saturated rings. The van der Waals surface area contributed by atoms with Crippen LogP contribution in [0.15, 0.2) is 0 Å². The van der Waals surface area contributed by atoms with Gasteiger partial charge in [-0.3, -0.25) is 9.59 Å². The van der Waals surface area contributed by atoms with Gasteiger partial charge < -0.3 is 10.2 Å². The Morgan fingerprint density at radius 2 is 1.09 bits per heavy atom. The number of hydrogen-bond acceptors (Lipinski definition) is 4. The second kappa shape index (κ2) is 12.3. The summed E-state index contributed by atoms with van der Waals surface area (Å²) in [6.07, 6.45) is 0. The van der Waals surface area contributed by atoms with Crippen LogP contribution in [0.3, 0.4) is 0 Å². The highest BCUT2D eigenvalue weighted by molar-refractivity contribution is 7.81. The van der Waals surface area contributed by atoms with Gasteiger partial charge in [0.25, 0.3) is 0 Å². The monoisotopic (exact) mass is 200 g/mol. The van der Waals surface area contributed by atoms with Crippen molar-refractivity contribution < 1.29 is 19.8 Å². The molecular weight excluding hydrogens is 188 g/mol. The van der Waals surface area contributed by atoms with E-state index in [0.29, 0.717) is 0 Å². The van der Waals surface area contributed by atoms with Crippen LogP contribution in [0.2, 0.25) is 0 Å². The van der Waals surface area contributed by atoms with Crippen LogP contribution in [0.25, 0.3) is 0 Å². The van der Waals surface area contributed by atoms with Crippen LogP contribution in [-0.4, -0.2) is 33.7 Å². The molecule has 0 aromatic heterocycles. The minimum atomic E-state index is -0.881. The summed E-state index contributed by atoms with van der Waals surface area (Å²) in [7, 11) is 0. The Hall–Kier alpha value is -0.360. The number of rotatable bonds is 2. The molecule has 0 heterocycles. The van der Waals surface area contributed by atoms with Gasteiger partial charge in [-0.05, 0) is 0 Å². The van der Waals surface area contributed by atoms with Crippen LogP contribution in [0.1, 0.15) is 7.43 Å². The summed E-state index contributed by atoms with van der Waals surface area (Å²) in [6.45, 7) is 0. The lowest BCUT2D eigenvalue weighted by atomic mass is 10.8. The molecule has 0 aromatic carbocycles. The van der Waals surface area contributed by atoms with Gasteiger partial charge in [0.15, 0.2) is 0 Å². The summed E-state index contributed by atoms with van der Waals surface area (Å²) in [5, 5.41) is 15.3. The van der Waals surface area contributed by atoms with E-state index in [1.165, 1.54) is 0 Å². The van der Waals surface area contributed by atoms with Crippen molar-refractivity contribution in [1.82, 2.24) is 0 Å². The highest BCUT2D eigenvalue weighted by atomic mass is 32.1. The Bertz CT molecular complexity index is 101. The largest absolute Gasteiger partial charge is 0.481 e. The van der Waals surface area contributed by atoms with Crippen molar-refractivity contribution in [1.29, 1.82) is 0 Å². The van der Waals surface area contributed by atoms with Gasteiger partial charge in [-0.15, -0.1) is 0 Å². The van der Waals surface area contributed by atoms with Crippen molar-refractivity contribution >= 4 is 37.2 Å². The normalized spacial score (nSPS) is 6.73. The van der Waals surface area contributed by atoms with E-state index in [-0.39, 0.29) is 18.9 Å². The quantitative estimate of drug-likeness (QED) is 0.493. The Kier molecular flexibility index (Phi) is 19.0. The Labute approximate surface area is 76.4 Å². The van der Waals surface area contributed by atoms with E-state index in [4.69, 9.17) is 10.2 Å². The van der Waals surface area contributed by atoms with Crippen LogP contribution >= 0.6 is 25.3 Å². The van der Waals surface area contributed by atoms with Crippen LogP contribution < -0.4 is 0 Å². The topological polar surface area (TPSA) is 74.6 Å². The smallest absolute Gasteiger partial charge is 0.313 e. The van der Waals surface area contributed by atoms with Gasteiger partial charge >= 0.3 is 11.9 Å². The summed E-state index contributed by atoms with van der Waals surface area (Å²) in [5.74, 6) is -1.93. The van der Waals surface area contributed by atoms with Crippen LogP contribution in [0.5, 0.6) is 0 Å². The summed E-state index contributed by atoms with van der Waals surface area (Å²) >= 11 is 6.83. The van der Waals surface area contributed by atoms with Gasteiger partial charge in [0.1, 0.15) is 0 Å². The summed E-state index contributed by atoms with van der Waals surface area (Å²) in [6, 6.07) is 0. The second-order valence-electron chi connectivity index (χ2n) is 1.10. The molecule has 0 aliphatic heterocycles. The molecule has 0 saturated heterocycles. The lowest BCUT2D eigenvalue weighted by Crippen LogP contribution is -1.92. The van der Waals surface area contributed by atoms with Crippen molar-refractivity contribution in [2.75, 3.05) is 11.5 Å². The maximum atomic E-state index is 9.29. The molecule has 0 aromatic rings. The maximum absolute atomic E-state index is 9.29. The number of hydrogen-bond donors (Lipinski definition) is 4.